The van der Waals surface area contributed by atoms with Crippen molar-refractivity contribution < 1.29 is 8.42 Å². The normalized spacial score (nSPS) is 20.5. The SMILES string of the molecule is CCCS(=O)(=O)NCC1(N(C)C)CCCC1. The summed E-state index contributed by atoms with van der Waals surface area (Å²) in [6.45, 7) is 2.44. The summed E-state index contributed by atoms with van der Waals surface area (Å²) in [4.78, 5) is 2.18. The smallest absolute Gasteiger partial charge is 0.211 e. The van der Waals surface area contributed by atoms with Crippen LogP contribution in [-0.2, 0) is 10.0 Å². The molecule has 0 aromatic carbocycles. The zero-order valence-corrected chi connectivity index (χ0v) is 11.4. The van der Waals surface area contributed by atoms with Gasteiger partial charge in [-0.15, -0.1) is 0 Å². The number of nitrogens with zero attached hydrogens (tertiary/aromatic N) is 1. The molecule has 0 unspecified atom stereocenters. The van der Waals surface area contributed by atoms with Crippen molar-refractivity contribution in [3.8, 4) is 0 Å². The molecule has 5 heteroatoms. The van der Waals surface area contributed by atoms with Crippen LogP contribution in [0.2, 0.25) is 0 Å². The van der Waals surface area contributed by atoms with Crippen LogP contribution in [-0.4, -0.2) is 45.2 Å². The number of hydrogen-bond acceptors (Lipinski definition) is 3. The van der Waals surface area contributed by atoms with Gasteiger partial charge in [-0.3, -0.25) is 0 Å². The highest BCUT2D eigenvalue weighted by Crippen LogP contribution is 2.33. The molecule has 0 bridgehead atoms. The predicted octanol–water partition coefficient (Wildman–Crippen LogP) is 1.19. The first-order valence-electron chi connectivity index (χ1n) is 6.07. The lowest BCUT2D eigenvalue weighted by Crippen LogP contribution is -2.51. The van der Waals surface area contributed by atoms with Crippen molar-refractivity contribution in [1.82, 2.24) is 9.62 Å². The van der Waals surface area contributed by atoms with Crippen LogP contribution in [0.4, 0.5) is 0 Å². The van der Waals surface area contributed by atoms with E-state index in [-0.39, 0.29) is 11.3 Å². The van der Waals surface area contributed by atoms with E-state index >= 15 is 0 Å². The molecule has 1 saturated carbocycles. The zero-order chi connectivity index (χ0) is 12.2. The lowest BCUT2D eigenvalue weighted by Gasteiger charge is -2.36. The van der Waals surface area contributed by atoms with E-state index in [2.05, 4.69) is 9.62 Å². The minimum atomic E-state index is -3.07. The van der Waals surface area contributed by atoms with E-state index in [1.54, 1.807) is 0 Å². The molecule has 0 aliphatic heterocycles. The van der Waals surface area contributed by atoms with Crippen molar-refractivity contribution in [1.29, 1.82) is 0 Å². The molecule has 1 fully saturated rings. The summed E-state index contributed by atoms with van der Waals surface area (Å²) >= 11 is 0. The maximum Gasteiger partial charge on any atom is 0.211 e. The molecule has 0 aromatic rings. The van der Waals surface area contributed by atoms with Crippen LogP contribution in [0.25, 0.3) is 0 Å². The Labute approximate surface area is 99.5 Å². The highest BCUT2D eigenvalue weighted by atomic mass is 32.2. The summed E-state index contributed by atoms with van der Waals surface area (Å²) in [7, 11) is 1.01. The Morgan fingerprint density at radius 2 is 1.81 bits per heavy atom. The van der Waals surface area contributed by atoms with Crippen molar-refractivity contribution in [3.05, 3.63) is 0 Å². The zero-order valence-electron chi connectivity index (χ0n) is 10.6. The fourth-order valence-corrected chi connectivity index (χ4v) is 3.57. The van der Waals surface area contributed by atoms with Gasteiger partial charge in [0.25, 0.3) is 0 Å². The monoisotopic (exact) mass is 248 g/mol. The molecule has 0 heterocycles. The molecule has 16 heavy (non-hydrogen) atoms. The number of sulfonamides is 1. The second-order valence-corrected chi connectivity index (χ2v) is 6.89. The predicted molar refractivity (Wildman–Crippen MR) is 67.0 cm³/mol. The largest absolute Gasteiger partial charge is 0.302 e. The van der Waals surface area contributed by atoms with Gasteiger partial charge in [0.15, 0.2) is 0 Å². The first-order valence-corrected chi connectivity index (χ1v) is 7.72. The molecule has 4 nitrogen and oxygen atoms in total. The molecule has 0 saturated heterocycles. The molecule has 1 N–H and O–H groups in total. The fourth-order valence-electron chi connectivity index (χ4n) is 2.40. The lowest BCUT2D eigenvalue weighted by atomic mass is 9.97. The molecule has 1 aliphatic carbocycles. The molecule has 0 atom stereocenters. The summed E-state index contributed by atoms with van der Waals surface area (Å²) in [6.07, 6.45) is 5.26. The van der Waals surface area contributed by atoms with E-state index < -0.39 is 10.0 Å². The summed E-state index contributed by atoms with van der Waals surface area (Å²) in [5.74, 6) is 0.233. The van der Waals surface area contributed by atoms with Crippen LogP contribution in [0.5, 0.6) is 0 Å². The van der Waals surface area contributed by atoms with Crippen molar-refractivity contribution in [3.63, 3.8) is 0 Å². The number of hydrogen-bond donors (Lipinski definition) is 1. The first-order chi connectivity index (χ1) is 7.42. The average molecular weight is 248 g/mol. The van der Waals surface area contributed by atoms with Gasteiger partial charge in [0.1, 0.15) is 0 Å². The van der Waals surface area contributed by atoms with E-state index in [0.29, 0.717) is 13.0 Å². The van der Waals surface area contributed by atoms with E-state index in [4.69, 9.17) is 0 Å². The summed E-state index contributed by atoms with van der Waals surface area (Å²) in [6, 6.07) is 0. The number of rotatable bonds is 6. The lowest BCUT2D eigenvalue weighted by molar-refractivity contribution is 0.162. The minimum Gasteiger partial charge on any atom is -0.302 e. The summed E-state index contributed by atoms with van der Waals surface area (Å²) < 4.78 is 26.0. The number of likely N-dealkylation sites (N-methyl/N-ethyl adjacent to an activating group) is 1. The van der Waals surface area contributed by atoms with Gasteiger partial charge in [0, 0.05) is 12.1 Å². The van der Waals surface area contributed by atoms with Gasteiger partial charge in [0.2, 0.25) is 10.0 Å². The Balaban J connectivity index is 2.58. The van der Waals surface area contributed by atoms with Gasteiger partial charge >= 0.3 is 0 Å². The highest BCUT2D eigenvalue weighted by molar-refractivity contribution is 7.89. The molecule has 0 amide bonds. The van der Waals surface area contributed by atoms with Gasteiger partial charge in [-0.2, -0.15) is 0 Å². The standard InChI is InChI=1S/C11H24N2O2S/c1-4-9-16(14,15)12-10-11(13(2)3)7-5-6-8-11/h12H,4-10H2,1-3H3. The van der Waals surface area contributed by atoms with Crippen molar-refractivity contribution in [2.45, 2.75) is 44.6 Å². The van der Waals surface area contributed by atoms with Crippen LogP contribution in [0.1, 0.15) is 39.0 Å². The molecule has 0 spiro atoms. The average Bonchev–Trinajstić information content (AvgIpc) is 2.64. The summed E-state index contributed by atoms with van der Waals surface area (Å²) in [5, 5.41) is 0. The Kier molecular flexibility index (Phi) is 4.76. The van der Waals surface area contributed by atoms with Crippen LogP contribution in [0.15, 0.2) is 0 Å². The van der Waals surface area contributed by atoms with Gasteiger partial charge in [-0.05, 0) is 33.4 Å². The van der Waals surface area contributed by atoms with Gasteiger partial charge in [-0.25, -0.2) is 13.1 Å². The van der Waals surface area contributed by atoms with E-state index in [9.17, 15) is 8.42 Å². The molecule has 0 radical (unpaired) electrons. The molecule has 1 rings (SSSR count). The van der Waals surface area contributed by atoms with Gasteiger partial charge in [0.05, 0.1) is 5.75 Å². The molecule has 96 valence electrons. The second-order valence-electron chi connectivity index (χ2n) is 4.97. The Morgan fingerprint density at radius 3 is 2.25 bits per heavy atom. The van der Waals surface area contributed by atoms with Crippen molar-refractivity contribution >= 4 is 10.0 Å². The Bertz CT molecular complexity index is 306. The topological polar surface area (TPSA) is 49.4 Å². The maximum atomic E-state index is 11.6. The van der Waals surface area contributed by atoms with Crippen LogP contribution in [0.3, 0.4) is 0 Å². The second kappa shape index (κ2) is 5.47. The molecular formula is C11H24N2O2S. The van der Waals surface area contributed by atoms with E-state index in [1.807, 2.05) is 21.0 Å². The van der Waals surface area contributed by atoms with Crippen LogP contribution >= 0.6 is 0 Å². The van der Waals surface area contributed by atoms with Crippen LogP contribution < -0.4 is 4.72 Å². The third-order valence-electron chi connectivity index (χ3n) is 3.58. The quantitative estimate of drug-likeness (QED) is 0.768. The third-order valence-corrected chi connectivity index (χ3v) is 5.11. The van der Waals surface area contributed by atoms with Crippen molar-refractivity contribution in [2.75, 3.05) is 26.4 Å². The van der Waals surface area contributed by atoms with E-state index in [0.717, 1.165) is 12.8 Å². The molecular weight excluding hydrogens is 224 g/mol. The number of nitrogens with one attached hydrogen (secondary N) is 1. The maximum absolute atomic E-state index is 11.6. The fraction of sp³-hybridized carbons (Fsp3) is 1.00. The third kappa shape index (κ3) is 3.43. The van der Waals surface area contributed by atoms with Crippen molar-refractivity contribution in [2.24, 2.45) is 0 Å². The first kappa shape index (κ1) is 13.9. The summed E-state index contributed by atoms with van der Waals surface area (Å²) in [5.41, 5.74) is 0.0425. The minimum absolute atomic E-state index is 0.0425. The van der Waals surface area contributed by atoms with Gasteiger partial charge < -0.3 is 4.90 Å². The Morgan fingerprint density at radius 1 is 1.25 bits per heavy atom. The van der Waals surface area contributed by atoms with Gasteiger partial charge in [-0.1, -0.05) is 19.8 Å². The molecule has 0 aromatic heterocycles. The Hall–Kier alpha value is -0.130. The van der Waals surface area contributed by atoms with Crippen LogP contribution in [0, 0.1) is 0 Å². The molecule has 1 aliphatic rings. The van der Waals surface area contributed by atoms with E-state index in [1.165, 1.54) is 12.8 Å². The highest BCUT2D eigenvalue weighted by Gasteiger charge is 2.36.